The zero-order chi connectivity index (χ0) is 12.3. The quantitative estimate of drug-likeness (QED) is 0.909. The van der Waals surface area contributed by atoms with Crippen LogP contribution >= 0.6 is 11.6 Å². The van der Waals surface area contributed by atoms with Crippen molar-refractivity contribution in [3.63, 3.8) is 0 Å². The first kappa shape index (κ1) is 11.7. The fraction of sp³-hybridized carbons (Fsp3) is 0.167. The Labute approximate surface area is 104 Å². The van der Waals surface area contributed by atoms with Crippen LogP contribution in [0.4, 0.5) is 5.69 Å². The van der Waals surface area contributed by atoms with Gasteiger partial charge >= 0.3 is 0 Å². The maximum atomic E-state index is 12.2. The van der Waals surface area contributed by atoms with Crippen molar-refractivity contribution in [3.8, 4) is 0 Å². The molecule has 0 aliphatic rings. The van der Waals surface area contributed by atoms with Gasteiger partial charge in [0.15, 0.2) is 0 Å². The largest absolute Gasteiger partial charge is 0.307 e. The number of H-pyrrole nitrogens is 1. The number of benzene rings is 1. The highest BCUT2D eigenvalue weighted by atomic mass is 35.5. The lowest BCUT2D eigenvalue weighted by molar-refractivity contribution is 0.0983. The fourth-order valence-electron chi connectivity index (χ4n) is 1.61. The Morgan fingerprint density at radius 3 is 2.65 bits per heavy atom. The first-order chi connectivity index (χ1) is 8.24. The van der Waals surface area contributed by atoms with E-state index in [0.717, 1.165) is 5.69 Å². The second-order valence-electron chi connectivity index (χ2n) is 3.48. The van der Waals surface area contributed by atoms with Gasteiger partial charge in [-0.25, -0.2) is 0 Å². The number of amides is 1. The first-order valence-electron chi connectivity index (χ1n) is 5.29. The smallest absolute Gasteiger partial charge is 0.277 e. The highest BCUT2D eigenvalue weighted by Crippen LogP contribution is 2.19. The van der Waals surface area contributed by atoms with Crippen molar-refractivity contribution in [1.82, 2.24) is 10.2 Å². The predicted octanol–water partition coefficient (Wildman–Crippen LogP) is 2.73. The van der Waals surface area contributed by atoms with Crippen molar-refractivity contribution in [2.75, 3.05) is 11.4 Å². The number of halogens is 1. The highest BCUT2D eigenvalue weighted by Gasteiger charge is 2.19. The van der Waals surface area contributed by atoms with Gasteiger partial charge in [-0.15, -0.1) is 0 Å². The highest BCUT2D eigenvalue weighted by molar-refractivity contribution is 6.34. The zero-order valence-corrected chi connectivity index (χ0v) is 10.1. The second kappa shape index (κ2) is 5.01. The number of carbonyl (C=O) groups excluding carboxylic acids is 1. The number of carbonyl (C=O) groups is 1. The van der Waals surface area contributed by atoms with E-state index in [0.29, 0.717) is 17.3 Å². The lowest BCUT2D eigenvalue weighted by Crippen LogP contribution is -2.31. The predicted molar refractivity (Wildman–Crippen MR) is 67.4 cm³/mol. The molecular formula is C12H12ClN3O. The van der Waals surface area contributed by atoms with Crippen LogP contribution in [0.15, 0.2) is 36.5 Å². The molecule has 1 aromatic heterocycles. The number of para-hydroxylation sites is 1. The molecule has 1 heterocycles. The molecule has 0 radical (unpaired) electrons. The molecule has 0 saturated carbocycles. The molecule has 1 amide bonds. The molecule has 0 aliphatic heterocycles. The van der Waals surface area contributed by atoms with Gasteiger partial charge in [-0.05, 0) is 19.1 Å². The second-order valence-corrected chi connectivity index (χ2v) is 3.89. The van der Waals surface area contributed by atoms with Gasteiger partial charge in [0.25, 0.3) is 5.91 Å². The number of hydrogen-bond acceptors (Lipinski definition) is 2. The Morgan fingerprint density at radius 2 is 2.12 bits per heavy atom. The molecule has 0 spiro atoms. The van der Waals surface area contributed by atoms with E-state index in [1.54, 1.807) is 4.90 Å². The summed E-state index contributed by atoms with van der Waals surface area (Å²) in [6, 6.07) is 9.45. The van der Waals surface area contributed by atoms with Crippen LogP contribution in [0, 0.1) is 0 Å². The molecule has 4 nitrogen and oxygen atoms in total. The Hall–Kier alpha value is -1.81. The number of aromatic nitrogens is 2. The van der Waals surface area contributed by atoms with E-state index in [2.05, 4.69) is 10.2 Å². The van der Waals surface area contributed by atoms with E-state index >= 15 is 0 Å². The summed E-state index contributed by atoms with van der Waals surface area (Å²) in [5.74, 6) is -0.179. The average molecular weight is 250 g/mol. The third kappa shape index (κ3) is 2.31. The van der Waals surface area contributed by atoms with Crippen molar-refractivity contribution in [2.45, 2.75) is 6.92 Å². The molecule has 88 valence electrons. The van der Waals surface area contributed by atoms with Crippen LogP contribution in [0.25, 0.3) is 0 Å². The molecule has 0 unspecified atom stereocenters. The molecule has 0 fully saturated rings. The number of anilines is 1. The van der Waals surface area contributed by atoms with Crippen LogP contribution in [0.1, 0.15) is 17.4 Å². The van der Waals surface area contributed by atoms with Crippen LogP contribution in [0.2, 0.25) is 5.02 Å². The molecule has 1 aromatic carbocycles. The molecule has 0 aliphatic carbocycles. The lowest BCUT2D eigenvalue weighted by Gasteiger charge is -2.20. The van der Waals surface area contributed by atoms with Crippen molar-refractivity contribution in [2.24, 2.45) is 0 Å². The van der Waals surface area contributed by atoms with Gasteiger partial charge in [-0.2, -0.15) is 5.10 Å². The summed E-state index contributed by atoms with van der Waals surface area (Å²) >= 11 is 5.88. The summed E-state index contributed by atoms with van der Waals surface area (Å²) in [5.41, 5.74) is 1.16. The van der Waals surface area contributed by atoms with E-state index in [4.69, 9.17) is 11.6 Å². The Morgan fingerprint density at radius 1 is 1.41 bits per heavy atom. The van der Waals surface area contributed by atoms with Gasteiger partial charge in [-0.3, -0.25) is 9.89 Å². The number of nitrogens with one attached hydrogen (secondary N) is 1. The molecule has 0 atom stereocenters. The summed E-state index contributed by atoms with van der Waals surface area (Å²) < 4.78 is 0. The minimum absolute atomic E-state index is 0.179. The Balaban J connectivity index is 2.32. The van der Waals surface area contributed by atoms with Crippen molar-refractivity contribution in [1.29, 1.82) is 0 Å². The topological polar surface area (TPSA) is 49.0 Å². The average Bonchev–Trinajstić information content (AvgIpc) is 2.77. The van der Waals surface area contributed by atoms with Crippen LogP contribution in [0.5, 0.6) is 0 Å². The van der Waals surface area contributed by atoms with Crippen molar-refractivity contribution in [3.05, 3.63) is 47.2 Å². The van der Waals surface area contributed by atoms with Gasteiger partial charge in [0.1, 0.15) is 5.69 Å². The van der Waals surface area contributed by atoms with E-state index < -0.39 is 0 Å². The maximum absolute atomic E-state index is 12.2. The normalized spacial score (nSPS) is 10.2. The number of hydrogen-bond donors (Lipinski definition) is 1. The Bertz CT molecular complexity index is 509. The lowest BCUT2D eigenvalue weighted by atomic mass is 10.2. The van der Waals surface area contributed by atoms with Crippen LogP contribution < -0.4 is 4.90 Å². The molecule has 0 saturated heterocycles. The summed E-state index contributed by atoms with van der Waals surface area (Å²) in [5, 5.41) is 6.70. The van der Waals surface area contributed by atoms with Gasteiger partial charge < -0.3 is 4.90 Å². The van der Waals surface area contributed by atoms with Gasteiger partial charge in [0.2, 0.25) is 0 Å². The molecule has 17 heavy (non-hydrogen) atoms. The summed E-state index contributed by atoms with van der Waals surface area (Å²) in [4.78, 5) is 13.9. The third-order valence-electron chi connectivity index (χ3n) is 2.44. The number of aromatic amines is 1. The summed E-state index contributed by atoms with van der Waals surface area (Å²) in [6.45, 7) is 2.48. The van der Waals surface area contributed by atoms with E-state index in [1.807, 2.05) is 37.3 Å². The van der Waals surface area contributed by atoms with Gasteiger partial charge in [0.05, 0.1) is 11.2 Å². The number of nitrogens with zero attached hydrogens (tertiary/aromatic N) is 2. The van der Waals surface area contributed by atoms with E-state index in [-0.39, 0.29) is 5.91 Å². The zero-order valence-electron chi connectivity index (χ0n) is 9.35. The SMILES string of the molecule is CCN(C(=O)c1[nH]ncc1Cl)c1ccccc1. The van der Waals surface area contributed by atoms with Crippen molar-refractivity contribution < 1.29 is 4.79 Å². The van der Waals surface area contributed by atoms with Crippen LogP contribution in [-0.2, 0) is 0 Å². The standard InChI is InChI=1S/C12H12ClN3O/c1-2-16(9-6-4-3-5-7-9)12(17)11-10(13)8-14-15-11/h3-8H,2H2,1H3,(H,14,15). The molecule has 0 bridgehead atoms. The molecule has 5 heteroatoms. The van der Waals surface area contributed by atoms with Crippen LogP contribution in [0.3, 0.4) is 0 Å². The third-order valence-corrected chi connectivity index (χ3v) is 2.72. The molecule has 2 aromatic rings. The summed E-state index contributed by atoms with van der Waals surface area (Å²) in [7, 11) is 0. The van der Waals surface area contributed by atoms with Gasteiger partial charge in [-0.1, -0.05) is 29.8 Å². The molecule has 2 rings (SSSR count). The number of rotatable bonds is 3. The van der Waals surface area contributed by atoms with Crippen molar-refractivity contribution >= 4 is 23.2 Å². The first-order valence-corrected chi connectivity index (χ1v) is 5.67. The Kier molecular flexibility index (Phi) is 3.44. The van der Waals surface area contributed by atoms with E-state index in [9.17, 15) is 4.79 Å². The van der Waals surface area contributed by atoms with Gasteiger partial charge in [0, 0.05) is 12.2 Å². The molecule has 1 N–H and O–H groups in total. The maximum Gasteiger partial charge on any atom is 0.277 e. The minimum atomic E-state index is -0.179. The molecular weight excluding hydrogens is 238 g/mol. The van der Waals surface area contributed by atoms with Crippen LogP contribution in [-0.4, -0.2) is 22.6 Å². The fourth-order valence-corrected chi connectivity index (χ4v) is 1.78. The minimum Gasteiger partial charge on any atom is -0.307 e. The summed E-state index contributed by atoms with van der Waals surface area (Å²) in [6.07, 6.45) is 1.42. The van der Waals surface area contributed by atoms with E-state index in [1.165, 1.54) is 6.20 Å². The monoisotopic (exact) mass is 249 g/mol.